The minimum atomic E-state index is -1.35. The van der Waals surface area contributed by atoms with Crippen LogP contribution in [0.15, 0.2) is 36.4 Å². The molecule has 2 aromatic carbocycles. The first-order valence-electron chi connectivity index (χ1n) is 11.2. The quantitative estimate of drug-likeness (QED) is 0.369. The van der Waals surface area contributed by atoms with Gasteiger partial charge < -0.3 is 30.7 Å². The van der Waals surface area contributed by atoms with E-state index in [2.05, 4.69) is 43.6 Å². The molecule has 5 N–H and O–H groups in total. The largest absolute Gasteiger partial charge is 0.547 e. The van der Waals surface area contributed by atoms with Crippen LogP contribution in [0.5, 0.6) is 5.75 Å². The molecule has 33 heavy (non-hydrogen) atoms. The predicted octanol–water partition coefficient (Wildman–Crippen LogP) is 2.13. The summed E-state index contributed by atoms with van der Waals surface area (Å²) >= 11 is 0. The lowest BCUT2D eigenvalue weighted by molar-refractivity contribution is 0.0693. The Morgan fingerprint density at radius 3 is 2.36 bits per heavy atom. The number of para-hydroxylation sites is 1. The lowest BCUT2D eigenvalue weighted by Crippen LogP contribution is -2.53. The van der Waals surface area contributed by atoms with Gasteiger partial charge in [0.2, 0.25) is 0 Å². The topological polar surface area (TPSA) is 120 Å². The number of rotatable bonds is 9. The highest BCUT2D eigenvalue weighted by Gasteiger charge is 2.37. The molecule has 1 aliphatic rings. The van der Waals surface area contributed by atoms with Crippen molar-refractivity contribution in [3.63, 3.8) is 0 Å². The number of benzene rings is 2. The zero-order valence-corrected chi connectivity index (χ0v) is 19.5. The van der Waals surface area contributed by atoms with Crippen LogP contribution in [-0.4, -0.2) is 47.2 Å². The third-order valence-corrected chi connectivity index (χ3v) is 5.54. The van der Waals surface area contributed by atoms with Crippen molar-refractivity contribution in [2.75, 3.05) is 0 Å². The molecule has 1 amide bonds. The Bertz CT molecular complexity index is 1010. The molecule has 1 aliphatic heterocycles. The van der Waals surface area contributed by atoms with Gasteiger partial charge in [0.05, 0.1) is 11.5 Å². The van der Waals surface area contributed by atoms with Crippen LogP contribution >= 0.6 is 0 Å². The number of nitrogens with one attached hydrogen (secondary N) is 3. The molecular formula is C24H32BN3O5. The second kappa shape index (κ2) is 10.8. The molecule has 0 saturated carbocycles. The average Bonchev–Trinajstić information content (AvgIpc) is 2.76. The van der Waals surface area contributed by atoms with Crippen molar-refractivity contribution >= 4 is 19.0 Å². The van der Waals surface area contributed by atoms with Crippen LogP contribution in [0, 0.1) is 0 Å². The van der Waals surface area contributed by atoms with E-state index in [0.29, 0.717) is 36.3 Å². The van der Waals surface area contributed by atoms with Crippen molar-refractivity contribution in [3.05, 3.63) is 64.2 Å². The number of amides is 1. The highest BCUT2D eigenvalue weighted by molar-refractivity contribution is 6.47. The number of hydrogen-bond acceptors (Lipinski definition) is 6. The number of carboxylic acid groups (broad SMARTS) is 1. The number of carboxylic acids is 1. The molecular weight excluding hydrogens is 421 g/mol. The van der Waals surface area contributed by atoms with Gasteiger partial charge in [-0.15, -0.1) is 0 Å². The molecule has 8 nitrogen and oxygen atoms in total. The SMILES string of the molecule is CC(C)NCc1ccc(C(=O)NC2Cc3cccc(C(=O)O)c3OB2O)cc1CNC(C)C. The van der Waals surface area contributed by atoms with Gasteiger partial charge in [0, 0.05) is 30.7 Å². The van der Waals surface area contributed by atoms with Crippen molar-refractivity contribution in [2.24, 2.45) is 0 Å². The van der Waals surface area contributed by atoms with E-state index < -0.39 is 19.0 Å². The number of hydrogen-bond donors (Lipinski definition) is 5. The Labute approximate surface area is 194 Å². The number of carbonyl (C=O) groups is 2. The van der Waals surface area contributed by atoms with Gasteiger partial charge in [0.1, 0.15) is 5.75 Å². The van der Waals surface area contributed by atoms with E-state index in [4.69, 9.17) is 4.65 Å². The molecule has 0 radical (unpaired) electrons. The lowest BCUT2D eigenvalue weighted by Gasteiger charge is -2.29. The van der Waals surface area contributed by atoms with Gasteiger partial charge in [-0.25, -0.2) is 4.79 Å². The number of aromatic carboxylic acids is 1. The summed E-state index contributed by atoms with van der Waals surface area (Å²) in [5.41, 5.74) is 3.25. The van der Waals surface area contributed by atoms with E-state index in [1.165, 1.54) is 6.07 Å². The van der Waals surface area contributed by atoms with E-state index in [1.54, 1.807) is 18.2 Å². The molecule has 1 heterocycles. The fourth-order valence-electron chi connectivity index (χ4n) is 3.70. The molecule has 0 aromatic heterocycles. The van der Waals surface area contributed by atoms with E-state index in [1.807, 2.05) is 12.1 Å². The summed E-state index contributed by atoms with van der Waals surface area (Å²) in [5, 5.41) is 29.4. The minimum Gasteiger partial charge on any atom is -0.534 e. The van der Waals surface area contributed by atoms with Crippen LogP contribution in [0.3, 0.4) is 0 Å². The van der Waals surface area contributed by atoms with Crippen molar-refractivity contribution < 1.29 is 24.4 Å². The molecule has 9 heteroatoms. The predicted molar refractivity (Wildman–Crippen MR) is 127 cm³/mol. The normalized spacial score (nSPS) is 15.4. The average molecular weight is 453 g/mol. The van der Waals surface area contributed by atoms with Crippen LogP contribution in [-0.2, 0) is 19.5 Å². The first-order chi connectivity index (χ1) is 15.7. The van der Waals surface area contributed by atoms with Crippen LogP contribution < -0.4 is 20.6 Å². The van der Waals surface area contributed by atoms with Crippen LogP contribution in [0.2, 0.25) is 0 Å². The van der Waals surface area contributed by atoms with Gasteiger partial charge >= 0.3 is 13.1 Å². The molecule has 0 bridgehead atoms. The lowest BCUT2D eigenvalue weighted by atomic mass is 9.72. The summed E-state index contributed by atoms with van der Waals surface area (Å²) in [6.07, 6.45) is 0.265. The molecule has 1 atom stereocenters. The fourth-order valence-corrected chi connectivity index (χ4v) is 3.70. The Morgan fingerprint density at radius 2 is 1.73 bits per heavy atom. The highest BCUT2D eigenvalue weighted by atomic mass is 16.5. The first kappa shape index (κ1) is 24.8. The number of carbonyl (C=O) groups excluding carboxylic acids is 1. The third-order valence-electron chi connectivity index (χ3n) is 5.54. The molecule has 0 aliphatic carbocycles. The van der Waals surface area contributed by atoms with Crippen LogP contribution in [0.4, 0.5) is 0 Å². The Balaban J connectivity index is 1.77. The molecule has 3 rings (SSSR count). The maximum absolute atomic E-state index is 13.0. The standard InChI is InChI=1S/C24H32BN3O5/c1-14(2)26-12-18-9-8-17(10-19(18)13-27-15(3)4)23(29)28-21-11-16-6-5-7-20(24(30)31)22(16)33-25(21)32/h5-10,14-15,21,26-27,32H,11-13H2,1-4H3,(H,28,29)(H,30,31). The Hall–Kier alpha value is -2.88. The van der Waals surface area contributed by atoms with E-state index >= 15 is 0 Å². The molecule has 2 aromatic rings. The van der Waals surface area contributed by atoms with E-state index in [-0.39, 0.29) is 23.6 Å². The smallest absolute Gasteiger partial charge is 0.534 e. The van der Waals surface area contributed by atoms with E-state index in [0.717, 1.165) is 11.1 Å². The maximum atomic E-state index is 13.0. The second-order valence-electron chi connectivity index (χ2n) is 8.95. The van der Waals surface area contributed by atoms with Gasteiger partial charge in [0.15, 0.2) is 0 Å². The van der Waals surface area contributed by atoms with Crippen LogP contribution in [0.1, 0.15) is 65.1 Å². The second-order valence-corrected chi connectivity index (χ2v) is 8.95. The monoisotopic (exact) mass is 453 g/mol. The first-order valence-corrected chi connectivity index (χ1v) is 11.2. The third kappa shape index (κ3) is 6.34. The van der Waals surface area contributed by atoms with Crippen molar-refractivity contribution in [2.45, 2.75) is 65.2 Å². The van der Waals surface area contributed by atoms with Gasteiger partial charge in [-0.2, -0.15) is 0 Å². The zero-order valence-electron chi connectivity index (χ0n) is 19.5. The summed E-state index contributed by atoms with van der Waals surface area (Å²) in [7, 11) is -1.35. The van der Waals surface area contributed by atoms with Crippen molar-refractivity contribution in [1.82, 2.24) is 16.0 Å². The van der Waals surface area contributed by atoms with Gasteiger partial charge in [-0.3, -0.25) is 4.79 Å². The van der Waals surface area contributed by atoms with Crippen LogP contribution in [0.25, 0.3) is 0 Å². The van der Waals surface area contributed by atoms with Crippen molar-refractivity contribution in [3.8, 4) is 5.75 Å². The molecule has 1 unspecified atom stereocenters. The minimum absolute atomic E-state index is 0.00998. The fraction of sp³-hybridized carbons (Fsp3) is 0.417. The molecule has 0 fully saturated rings. The number of fused-ring (bicyclic) bond motifs is 1. The summed E-state index contributed by atoms with van der Waals surface area (Å²) in [4.78, 5) is 24.4. The Kier molecular flexibility index (Phi) is 8.13. The zero-order chi connectivity index (χ0) is 24.1. The molecule has 176 valence electrons. The maximum Gasteiger partial charge on any atom is 0.547 e. The van der Waals surface area contributed by atoms with Gasteiger partial charge in [0.25, 0.3) is 5.91 Å². The van der Waals surface area contributed by atoms with Gasteiger partial charge in [-0.05, 0) is 41.3 Å². The van der Waals surface area contributed by atoms with E-state index in [9.17, 15) is 19.7 Å². The highest BCUT2D eigenvalue weighted by Crippen LogP contribution is 2.30. The summed E-state index contributed by atoms with van der Waals surface area (Å²) in [6.45, 7) is 9.65. The molecule has 0 spiro atoms. The summed E-state index contributed by atoms with van der Waals surface area (Å²) in [6, 6.07) is 11.0. The summed E-state index contributed by atoms with van der Waals surface area (Å²) < 4.78 is 5.48. The van der Waals surface area contributed by atoms with Crippen molar-refractivity contribution in [1.29, 1.82) is 0 Å². The van der Waals surface area contributed by atoms with Gasteiger partial charge in [-0.1, -0.05) is 45.9 Å². The Morgan fingerprint density at radius 1 is 1.06 bits per heavy atom. The summed E-state index contributed by atoms with van der Waals surface area (Å²) in [5.74, 6) is -2.01. The molecule has 0 saturated heterocycles.